The average molecular weight is 819 g/mol. The van der Waals surface area contributed by atoms with Crippen LogP contribution in [0.5, 0.6) is 0 Å². The summed E-state index contributed by atoms with van der Waals surface area (Å²) in [7, 11) is 0. The molecular formula is C61H42N2O. The molecule has 13 rings (SSSR count). The molecule has 0 fully saturated rings. The van der Waals surface area contributed by atoms with Crippen molar-refractivity contribution in [1.82, 2.24) is 0 Å². The van der Waals surface area contributed by atoms with Gasteiger partial charge in [0.2, 0.25) is 0 Å². The molecule has 0 radical (unpaired) electrons. The van der Waals surface area contributed by atoms with Gasteiger partial charge in [-0.1, -0.05) is 166 Å². The molecule has 0 saturated carbocycles. The molecule has 0 saturated heterocycles. The summed E-state index contributed by atoms with van der Waals surface area (Å²) in [6.45, 7) is 4.71. The molecule has 0 N–H and O–H groups in total. The summed E-state index contributed by atoms with van der Waals surface area (Å²) < 4.78 is 6.56. The van der Waals surface area contributed by atoms with E-state index in [9.17, 15) is 0 Å². The monoisotopic (exact) mass is 818 g/mol. The fraction of sp³-hybridized carbons (Fsp3) is 0.0492. The molecule has 1 aliphatic carbocycles. The van der Waals surface area contributed by atoms with Crippen LogP contribution in [0.3, 0.4) is 0 Å². The first-order valence-corrected chi connectivity index (χ1v) is 22.2. The summed E-state index contributed by atoms with van der Waals surface area (Å²) in [5, 5.41) is 4.72. The Bertz CT molecular complexity index is 3660. The third-order valence-electron chi connectivity index (χ3n) is 13.8. The molecule has 0 atom stereocenters. The topological polar surface area (TPSA) is 19.6 Å². The standard InChI is InChI=1S/C61H42N2O/c1-61(2)54-27-13-14-28-57(54)63(58-38-60-53(37-55(58)61)50-26-12-15-30-59(50)64-60)42-32-34-49-44-22-8-10-24-46(44)51-35-41(31-33-48(51)45-23-9-11-25-47(45)52(49)36-42)62(40-19-4-3-5-20-40)56-29-16-18-39-17-6-7-21-43(39)56/h3-38H,1-2H3. The van der Waals surface area contributed by atoms with E-state index < -0.39 is 0 Å². The van der Waals surface area contributed by atoms with E-state index in [1.807, 2.05) is 6.07 Å². The molecule has 10 aromatic carbocycles. The molecule has 64 heavy (non-hydrogen) atoms. The SMILES string of the molecule is CC1(C)c2ccccc2N(c2ccc3c(c2)-c2ccccc2-c2ccc(N(c4ccccc4)c4cccc5ccccc45)cc2-c2ccccc2-3)c2cc3oc4ccccc4c3cc21. The summed E-state index contributed by atoms with van der Waals surface area (Å²) in [6.07, 6.45) is 0. The van der Waals surface area contributed by atoms with Gasteiger partial charge in [-0.15, -0.1) is 0 Å². The number of fused-ring (bicyclic) bond motifs is 14. The van der Waals surface area contributed by atoms with E-state index in [1.165, 1.54) is 72.1 Å². The van der Waals surface area contributed by atoms with Gasteiger partial charge in [0.15, 0.2) is 0 Å². The number of hydrogen-bond acceptors (Lipinski definition) is 3. The lowest BCUT2D eigenvalue weighted by Crippen LogP contribution is -2.30. The number of nitrogens with zero attached hydrogens (tertiary/aromatic N) is 2. The Morgan fingerprint density at radius 1 is 0.375 bits per heavy atom. The second kappa shape index (κ2) is 13.9. The highest BCUT2D eigenvalue weighted by Crippen LogP contribution is 2.56. The van der Waals surface area contributed by atoms with Gasteiger partial charge in [-0.3, -0.25) is 0 Å². The maximum atomic E-state index is 6.56. The van der Waals surface area contributed by atoms with Gasteiger partial charge >= 0.3 is 0 Å². The lowest BCUT2D eigenvalue weighted by atomic mass is 9.73. The number of furan rings is 1. The zero-order valence-electron chi connectivity index (χ0n) is 35.6. The number of hydrogen-bond donors (Lipinski definition) is 0. The van der Waals surface area contributed by atoms with Gasteiger partial charge in [-0.05, 0) is 122 Å². The van der Waals surface area contributed by atoms with Gasteiger partial charge in [0.25, 0.3) is 0 Å². The first kappa shape index (κ1) is 36.5. The zero-order chi connectivity index (χ0) is 42.5. The van der Waals surface area contributed by atoms with Crippen LogP contribution in [-0.2, 0) is 5.41 Å². The second-order valence-electron chi connectivity index (χ2n) is 17.7. The largest absolute Gasteiger partial charge is 0.456 e. The van der Waals surface area contributed by atoms with Crippen LogP contribution < -0.4 is 9.80 Å². The lowest BCUT2D eigenvalue weighted by molar-refractivity contribution is 0.630. The molecular weight excluding hydrogens is 777 g/mol. The smallest absolute Gasteiger partial charge is 0.137 e. The van der Waals surface area contributed by atoms with Crippen LogP contribution in [-0.4, -0.2) is 0 Å². The van der Waals surface area contributed by atoms with Crippen molar-refractivity contribution in [3.05, 3.63) is 230 Å². The Hall–Kier alpha value is -8.14. The summed E-state index contributed by atoms with van der Waals surface area (Å²) in [6, 6.07) is 80.0. The van der Waals surface area contributed by atoms with E-state index in [0.717, 1.165) is 50.4 Å². The first-order valence-electron chi connectivity index (χ1n) is 22.2. The van der Waals surface area contributed by atoms with Gasteiger partial charge in [0.05, 0.1) is 17.1 Å². The predicted molar refractivity (Wildman–Crippen MR) is 268 cm³/mol. The highest BCUT2D eigenvalue weighted by molar-refractivity contribution is 6.09. The van der Waals surface area contributed by atoms with E-state index in [2.05, 4.69) is 236 Å². The maximum absolute atomic E-state index is 6.56. The highest BCUT2D eigenvalue weighted by Gasteiger charge is 2.38. The Balaban J connectivity index is 1.03. The molecule has 1 aliphatic heterocycles. The summed E-state index contributed by atoms with van der Waals surface area (Å²) in [5.74, 6) is 0. The molecule has 11 aromatic rings. The minimum Gasteiger partial charge on any atom is -0.456 e. The van der Waals surface area contributed by atoms with Gasteiger partial charge in [-0.2, -0.15) is 0 Å². The molecule has 0 bridgehead atoms. The van der Waals surface area contributed by atoms with Crippen LogP contribution >= 0.6 is 0 Å². The average Bonchev–Trinajstić information content (AvgIpc) is 3.71. The van der Waals surface area contributed by atoms with Crippen molar-refractivity contribution in [2.75, 3.05) is 9.80 Å². The molecule has 1 aromatic heterocycles. The lowest BCUT2D eigenvalue weighted by Gasteiger charge is -2.42. The fourth-order valence-electron chi connectivity index (χ4n) is 10.8. The van der Waals surface area contributed by atoms with E-state index >= 15 is 0 Å². The third-order valence-corrected chi connectivity index (χ3v) is 13.8. The normalized spacial score (nSPS) is 13.2. The van der Waals surface area contributed by atoms with Crippen LogP contribution in [0.15, 0.2) is 223 Å². The molecule has 2 heterocycles. The predicted octanol–water partition coefficient (Wildman–Crippen LogP) is 17.3. The molecule has 3 nitrogen and oxygen atoms in total. The molecule has 3 heteroatoms. The van der Waals surface area contributed by atoms with Crippen molar-refractivity contribution in [3.63, 3.8) is 0 Å². The second-order valence-corrected chi connectivity index (χ2v) is 17.7. The fourth-order valence-corrected chi connectivity index (χ4v) is 10.8. The summed E-state index contributed by atoms with van der Waals surface area (Å²) >= 11 is 0. The van der Waals surface area contributed by atoms with Gasteiger partial charge < -0.3 is 14.2 Å². The van der Waals surface area contributed by atoms with Gasteiger partial charge in [0.1, 0.15) is 11.2 Å². The molecule has 2 aliphatic rings. The summed E-state index contributed by atoms with van der Waals surface area (Å²) in [4.78, 5) is 4.87. The highest BCUT2D eigenvalue weighted by atomic mass is 16.3. The van der Waals surface area contributed by atoms with Crippen molar-refractivity contribution in [2.24, 2.45) is 0 Å². The number of benzene rings is 10. The van der Waals surface area contributed by atoms with Crippen LogP contribution in [0.1, 0.15) is 25.0 Å². The van der Waals surface area contributed by atoms with Gasteiger partial charge in [-0.25, -0.2) is 0 Å². The van der Waals surface area contributed by atoms with E-state index in [1.54, 1.807) is 0 Å². The van der Waals surface area contributed by atoms with E-state index in [4.69, 9.17) is 4.42 Å². The third kappa shape index (κ3) is 5.41. The van der Waals surface area contributed by atoms with Crippen molar-refractivity contribution < 1.29 is 4.42 Å². The quantitative estimate of drug-likeness (QED) is 0.176. The van der Waals surface area contributed by atoms with Crippen molar-refractivity contribution >= 4 is 66.8 Å². The Kier molecular flexibility index (Phi) is 7.95. The van der Waals surface area contributed by atoms with Crippen molar-refractivity contribution in [3.8, 4) is 44.5 Å². The molecule has 0 amide bonds. The van der Waals surface area contributed by atoms with Crippen LogP contribution in [0.2, 0.25) is 0 Å². The summed E-state index contributed by atoms with van der Waals surface area (Å²) in [5.41, 5.74) is 20.6. The number of rotatable bonds is 4. The maximum Gasteiger partial charge on any atom is 0.137 e. The van der Waals surface area contributed by atoms with Crippen LogP contribution in [0, 0.1) is 0 Å². The minimum absolute atomic E-state index is 0.240. The Labute approximate surface area is 372 Å². The molecule has 0 unspecified atom stereocenters. The van der Waals surface area contributed by atoms with Gasteiger partial charge in [0, 0.05) is 44.7 Å². The first-order chi connectivity index (χ1) is 31.5. The van der Waals surface area contributed by atoms with Crippen LogP contribution in [0.4, 0.5) is 34.1 Å². The van der Waals surface area contributed by atoms with E-state index in [-0.39, 0.29) is 5.41 Å². The Morgan fingerprint density at radius 3 is 1.75 bits per heavy atom. The number of para-hydroxylation sites is 3. The number of anilines is 6. The minimum atomic E-state index is -0.240. The van der Waals surface area contributed by atoms with E-state index in [0.29, 0.717) is 0 Å². The van der Waals surface area contributed by atoms with Crippen molar-refractivity contribution in [2.45, 2.75) is 19.3 Å². The van der Waals surface area contributed by atoms with Crippen LogP contribution in [0.25, 0.3) is 77.2 Å². The Morgan fingerprint density at radius 2 is 0.969 bits per heavy atom. The molecule has 0 spiro atoms. The van der Waals surface area contributed by atoms with Crippen molar-refractivity contribution in [1.29, 1.82) is 0 Å². The zero-order valence-corrected chi connectivity index (χ0v) is 35.6. The molecule has 302 valence electrons.